The highest BCUT2D eigenvalue weighted by atomic mass is 19.1. The minimum atomic E-state index is -0.890. The summed E-state index contributed by atoms with van der Waals surface area (Å²) in [5.41, 5.74) is 2.56. The van der Waals surface area contributed by atoms with E-state index in [9.17, 15) is 33.7 Å². The second-order valence-corrected chi connectivity index (χ2v) is 6.81. The summed E-state index contributed by atoms with van der Waals surface area (Å²) < 4.78 is 17.8. The Morgan fingerprint density at radius 2 is 1.78 bits per heavy atom. The van der Waals surface area contributed by atoms with Gasteiger partial charge in [-0.25, -0.2) is 4.39 Å². The van der Waals surface area contributed by atoms with Gasteiger partial charge >= 0.3 is 5.97 Å². The van der Waals surface area contributed by atoms with Crippen LogP contribution in [-0.2, 0) is 19.1 Å². The zero-order valence-corrected chi connectivity index (χ0v) is 16.4. The van der Waals surface area contributed by atoms with Gasteiger partial charge in [0.25, 0.3) is 17.5 Å². The Labute approximate surface area is 180 Å². The summed E-state index contributed by atoms with van der Waals surface area (Å²) in [4.78, 5) is 58.5. The summed E-state index contributed by atoms with van der Waals surface area (Å²) >= 11 is 0. The molecule has 1 aliphatic heterocycles. The Morgan fingerprint density at radius 3 is 2.41 bits per heavy atom. The zero-order chi connectivity index (χ0) is 23.3. The maximum atomic E-state index is 12.9. The van der Waals surface area contributed by atoms with Crippen molar-refractivity contribution >= 4 is 35.1 Å². The summed E-state index contributed by atoms with van der Waals surface area (Å²) in [7, 11) is 0. The van der Waals surface area contributed by atoms with Crippen molar-refractivity contribution in [2.45, 2.75) is 6.42 Å². The smallest absolute Gasteiger partial charge is 0.311 e. The van der Waals surface area contributed by atoms with Crippen molar-refractivity contribution in [1.82, 2.24) is 10.4 Å². The van der Waals surface area contributed by atoms with Crippen LogP contribution in [0.5, 0.6) is 0 Å². The van der Waals surface area contributed by atoms with Crippen LogP contribution in [0.1, 0.15) is 16.8 Å². The highest BCUT2D eigenvalue weighted by molar-refractivity contribution is 5.97. The average molecular weight is 444 g/mol. The molecule has 0 bridgehead atoms. The summed E-state index contributed by atoms with van der Waals surface area (Å²) in [5, 5.41) is 14.1. The molecule has 1 heterocycles. The number of halogens is 1. The van der Waals surface area contributed by atoms with Crippen molar-refractivity contribution in [1.29, 1.82) is 0 Å². The van der Waals surface area contributed by atoms with Gasteiger partial charge in [-0.2, -0.15) is 0 Å². The predicted octanol–water partition coefficient (Wildman–Crippen LogP) is 1.41. The van der Waals surface area contributed by atoms with Crippen molar-refractivity contribution in [3.05, 3.63) is 70.0 Å². The molecule has 0 radical (unpaired) electrons. The first-order valence-corrected chi connectivity index (χ1v) is 9.31. The second kappa shape index (κ2) is 9.64. The fourth-order valence-corrected chi connectivity index (χ4v) is 2.88. The lowest BCUT2D eigenvalue weighted by molar-refractivity contribution is -0.384. The van der Waals surface area contributed by atoms with Crippen LogP contribution >= 0.6 is 0 Å². The molecule has 3 amide bonds. The quantitative estimate of drug-likeness (QED) is 0.373. The molecular formula is C20H17FN4O7. The Balaban J connectivity index is 1.48. The van der Waals surface area contributed by atoms with E-state index in [0.29, 0.717) is 5.69 Å². The van der Waals surface area contributed by atoms with E-state index >= 15 is 0 Å². The highest BCUT2D eigenvalue weighted by Crippen LogP contribution is 2.18. The van der Waals surface area contributed by atoms with Crippen molar-refractivity contribution in [2.24, 2.45) is 5.92 Å². The molecule has 2 aromatic carbocycles. The van der Waals surface area contributed by atoms with E-state index in [0.717, 1.165) is 29.3 Å². The van der Waals surface area contributed by atoms with Gasteiger partial charge in [-0.1, -0.05) is 0 Å². The predicted molar refractivity (Wildman–Crippen MR) is 106 cm³/mol. The number of amides is 3. The standard InChI is InChI=1S/C20H17FN4O7/c21-14-3-5-15(6-4-14)22-17(26)11-32-20(29)13-9-18(27)24(10-13)23-19(28)12-1-7-16(8-2-12)25(30)31/h1-8,13H,9-11H2,(H,22,26)(H,23,28)/t13-/m1/s1. The molecule has 12 heteroatoms. The fraction of sp³-hybridized carbons (Fsp3) is 0.200. The van der Waals surface area contributed by atoms with Gasteiger partial charge in [0.05, 0.1) is 17.4 Å². The van der Waals surface area contributed by atoms with E-state index in [1.54, 1.807) is 0 Å². The number of carbonyl (C=O) groups excluding carboxylic acids is 4. The summed E-state index contributed by atoms with van der Waals surface area (Å²) in [6.07, 6.45) is -0.223. The van der Waals surface area contributed by atoms with Gasteiger partial charge in [-0.3, -0.25) is 39.7 Å². The van der Waals surface area contributed by atoms with E-state index in [2.05, 4.69) is 10.7 Å². The first-order chi connectivity index (χ1) is 15.2. The van der Waals surface area contributed by atoms with Crippen LogP contribution in [0.3, 0.4) is 0 Å². The molecule has 1 saturated heterocycles. The van der Waals surface area contributed by atoms with E-state index in [4.69, 9.17) is 4.74 Å². The molecule has 32 heavy (non-hydrogen) atoms. The lowest BCUT2D eigenvalue weighted by atomic mass is 10.1. The topological polar surface area (TPSA) is 148 Å². The van der Waals surface area contributed by atoms with Crippen LogP contribution in [0.15, 0.2) is 48.5 Å². The molecule has 0 aliphatic carbocycles. The molecule has 166 valence electrons. The number of carbonyl (C=O) groups is 4. The number of hydrazine groups is 1. The Bertz CT molecular complexity index is 1060. The van der Waals surface area contributed by atoms with Crippen LogP contribution in [0.4, 0.5) is 15.8 Å². The third-order valence-electron chi connectivity index (χ3n) is 4.51. The van der Waals surface area contributed by atoms with Crippen molar-refractivity contribution in [3.63, 3.8) is 0 Å². The number of rotatable bonds is 7. The average Bonchev–Trinajstić information content (AvgIpc) is 3.14. The Morgan fingerprint density at radius 1 is 1.12 bits per heavy atom. The van der Waals surface area contributed by atoms with Crippen LogP contribution in [-0.4, -0.2) is 46.8 Å². The number of esters is 1. The van der Waals surface area contributed by atoms with Gasteiger partial charge in [0, 0.05) is 29.8 Å². The summed E-state index contributed by atoms with van der Waals surface area (Å²) in [6, 6.07) is 9.78. The molecule has 1 atom stereocenters. The molecule has 2 N–H and O–H groups in total. The van der Waals surface area contributed by atoms with Gasteiger partial charge in [0.1, 0.15) is 5.82 Å². The molecule has 0 spiro atoms. The molecular weight excluding hydrogens is 427 g/mol. The Kier molecular flexibility index (Phi) is 6.73. The number of benzene rings is 2. The zero-order valence-electron chi connectivity index (χ0n) is 16.4. The third-order valence-corrected chi connectivity index (χ3v) is 4.51. The number of non-ortho nitro benzene ring substituents is 1. The molecule has 0 aromatic heterocycles. The first-order valence-electron chi connectivity index (χ1n) is 9.31. The lowest BCUT2D eigenvalue weighted by Crippen LogP contribution is -2.43. The van der Waals surface area contributed by atoms with Gasteiger partial charge in [-0.15, -0.1) is 0 Å². The number of anilines is 1. The SMILES string of the molecule is O=C(COC(=O)[C@@H]1CC(=O)N(NC(=O)c2ccc([N+](=O)[O-])cc2)C1)Nc1ccc(F)cc1. The van der Waals surface area contributed by atoms with Crippen LogP contribution < -0.4 is 10.7 Å². The Hall–Kier alpha value is -4.35. The largest absolute Gasteiger partial charge is 0.455 e. The number of nitro benzene ring substituents is 1. The van der Waals surface area contributed by atoms with Gasteiger partial charge in [-0.05, 0) is 36.4 Å². The number of hydrogen-bond donors (Lipinski definition) is 2. The van der Waals surface area contributed by atoms with Crippen molar-refractivity contribution in [2.75, 3.05) is 18.5 Å². The van der Waals surface area contributed by atoms with Gasteiger partial charge in [0.2, 0.25) is 5.91 Å². The molecule has 1 fully saturated rings. The third kappa shape index (κ3) is 5.62. The van der Waals surface area contributed by atoms with Crippen molar-refractivity contribution in [3.8, 4) is 0 Å². The van der Waals surface area contributed by atoms with Gasteiger partial charge < -0.3 is 10.1 Å². The number of nitro groups is 1. The molecule has 1 aliphatic rings. The van der Waals surface area contributed by atoms with Gasteiger partial charge in [0.15, 0.2) is 6.61 Å². The first kappa shape index (κ1) is 22.3. The summed E-state index contributed by atoms with van der Waals surface area (Å²) in [5.74, 6) is -4.00. The van der Waals surface area contributed by atoms with E-state index in [-0.39, 0.29) is 24.2 Å². The maximum absolute atomic E-state index is 12.9. The molecule has 0 unspecified atom stereocenters. The van der Waals surface area contributed by atoms with Crippen LogP contribution in [0.2, 0.25) is 0 Å². The molecule has 3 rings (SSSR count). The number of hydrogen-bond acceptors (Lipinski definition) is 7. The maximum Gasteiger partial charge on any atom is 0.311 e. The summed E-state index contributed by atoms with van der Waals surface area (Å²) in [6.45, 7) is -0.758. The minimum Gasteiger partial charge on any atom is -0.455 e. The van der Waals surface area contributed by atoms with Crippen LogP contribution in [0.25, 0.3) is 0 Å². The van der Waals surface area contributed by atoms with Crippen molar-refractivity contribution < 1.29 is 33.2 Å². The normalized spacial score (nSPS) is 15.2. The number of nitrogens with one attached hydrogen (secondary N) is 2. The molecule has 2 aromatic rings. The van der Waals surface area contributed by atoms with E-state index in [1.807, 2.05) is 0 Å². The van der Waals surface area contributed by atoms with E-state index < -0.39 is 47.0 Å². The number of nitrogens with zero attached hydrogens (tertiary/aromatic N) is 2. The minimum absolute atomic E-state index is 0.0897. The second-order valence-electron chi connectivity index (χ2n) is 6.81. The monoisotopic (exact) mass is 444 g/mol. The van der Waals surface area contributed by atoms with E-state index in [1.165, 1.54) is 24.3 Å². The van der Waals surface area contributed by atoms with Crippen LogP contribution in [0, 0.1) is 21.8 Å². The highest BCUT2D eigenvalue weighted by Gasteiger charge is 2.36. The molecule has 0 saturated carbocycles. The lowest BCUT2D eigenvalue weighted by Gasteiger charge is -2.17. The number of ether oxygens (including phenoxy) is 1. The molecule has 11 nitrogen and oxygen atoms in total. The fourth-order valence-electron chi connectivity index (χ4n) is 2.88.